The highest BCUT2D eigenvalue weighted by atomic mass is 127. The van der Waals surface area contributed by atoms with Crippen LogP contribution >= 0.6 is 35.3 Å². The van der Waals surface area contributed by atoms with Gasteiger partial charge in [0.05, 0.1) is 0 Å². The van der Waals surface area contributed by atoms with Crippen LogP contribution in [0.4, 0.5) is 4.79 Å². The number of hydrogen-bond acceptors (Lipinski definition) is 3. The zero-order chi connectivity index (χ0) is 16.7. The standard InChI is InChI=1S/C16H27N5OS.HI/c1-3-18-16(19-10-12(2)13-6-9-23-11-13)20-14-4-7-21(8-5-14)15(17)22;/h6,9,11-12,14H,3-5,7-8,10H2,1-2H3,(H2,17,22)(H2,18,19,20);1H. The molecule has 136 valence electrons. The monoisotopic (exact) mass is 465 g/mol. The topological polar surface area (TPSA) is 82.8 Å². The van der Waals surface area contributed by atoms with Gasteiger partial charge in [0.25, 0.3) is 0 Å². The lowest BCUT2D eigenvalue weighted by Gasteiger charge is -2.32. The molecule has 1 aliphatic heterocycles. The Morgan fingerprint density at radius 1 is 1.50 bits per heavy atom. The molecular weight excluding hydrogens is 437 g/mol. The van der Waals surface area contributed by atoms with Gasteiger partial charge in [-0.05, 0) is 42.2 Å². The predicted octanol–water partition coefficient (Wildman–Crippen LogP) is 2.57. The number of carbonyl (C=O) groups is 1. The molecule has 1 aromatic rings. The fourth-order valence-electron chi connectivity index (χ4n) is 2.65. The number of rotatable bonds is 5. The minimum Gasteiger partial charge on any atom is -0.357 e. The lowest BCUT2D eigenvalue weighted by atomic mass is 10.1. The maximum atomic E-state index is 11.2. The molecule has 2 rings (SSSR count). The molecule has 0 aliphatic carbocycles. The van der Waals surface area contributed by atoms with E-state index >= 15 is 0 Å². The van der Waals surface area contributed by atoms with Crippen LogP contribution in [0.3, 0.4) is 0 Å². The summed E-state index contributed by atoms with van der Waals surface area (Å²) in [5.74, 6) is 1.26. The third kappa shape index (κ3) is 6.46. The molecule has 0 radical (unpaired) electrons. The molecule has 1 fully saturated rings. The van der Waals surface area contributed by atoms with Gasteiger partial charge in [0, 0.05) is 38.1 Å². The Labute approximate surface area is 165 Å². The molecule has 0 bridgehead atoms. The molecule has 0 aromatic carbocycles. The predicted molar refractivity (Wildman–Crippen MR) is 111 cm³/mol. The van der Waals surface area contributed by atoms with Crippen LogP contribution in [-0.4, -0.2) is 49.1 Å². The number of urea groups is 1. The number of nitrogens with zero attached hydrogens (tertiary/aromatic N) is 2. The van der Waals surface area contributed by atoms with Crippen LogP contribution in [0.2, 0.25) is 0 Å². The van der Waals surface area contributed by atoms with Crippen LogP contribution in [0.5, 0.6) is 0 Å². The van der Waals surface area contributed by atoms with Gasteiger partial charge < -0.3 is 21.3 Å². The molecule has 0 spiro atoms. The number of guanidine groups is 1. The maximum absolute atomic E-state index is 11.2. The Morgan fingerprint density at radius 2 is 2.21 bits per heavy atom. The average Bonchev–Trinajstić information content (AvgIpc) is 3.07. The van der Waals surface area contributed by atoms with Crippen molar-refractivity contribution < 1.29 is 4.79 Å². The van der Waals surface area contributed by atoms with Crippen LogP contribution < -0.4 is 16.4 Å². The van der Waals surface area contributed by atoms with Gasteiger partial charge in [0.2, 0.25) is 0 Å². The second-order valence-electron chi connectivity index (χ2n) is 5.92. The van der Waals surface area contributed by atoms with E-state index in [-0.39, 0.29) is 30.0 Å². The number of thiophene rings is 1. The molecule has 1 aromatic heterocycles. The number of piperidine rings is 1. The number of primary amides is 1. The molecule has 2 heterocycles. The summed E-state index contributed by atoms with van der Waals surface area (Å²) < 4.78 is 0. The molecule has 0 saturated carbocycles. The number of nitrogens with one attached hydrogen (secondary N) is 2. The molecule has 1 saturated heterocycles. The van der Waals surface area contributed by atoms with E-state index in [0.717, 1.165) is 31.9 Å². The van der Waals surface area contributed by atoms with Crippen molar-refractivity contribution in [3.05, 3.63) is 22.4 Å². The maximum Gasteiger partial charge on any atom is 0.314 e. The van der Waals surface area contributed by atoms with Crippen LogP contribution in [0.25, 0.3) is 0 Å². The lowest BCUT2D eigenvalue weighted by molar-refractivity contribution is 0.188. The first-order valence-corrected chi connectivity index (χ1v) is 9.15. The molecule has 8 heteroatoms. The quantitative estimate of drug-likeness (QED) is 0.355. The smallest absolute Gasteiger partial charge is 0.314 e. The van der Waals surface area contributed by atoms with Crippen LogP contribution in [0, 0.1) is 0 Å². The second kappa shape index (κ2) is 10.8. The third-order valence-electron chi connectivity index (χ3n) is 4.13. The van der Waals surface area contributed by atoms with Crippen molar-refractivity contribution in [1.29, 1.82) is 0 Å². The Balaban J connectivity index is 0.00000288. The first kappa shape index (κ1) is 21.0. The molecule has 2 amide bonds. The van der Waals surface area contributed by atoms with Crippen molar-refractivity contribution in [2.24, 2.45) is 10.7 Å². The fraction of sp³-hybridized carbons (Fsp3) is 0.625. The molecule has 1 unspecified atom stereocenters. The SMILES string of the molecule is CCNC(=NCC(C)c1ccsc1)NC1CCN(C(N)=O)CC1.I. The zero-order valence-electron chi connectivity index (χ0n) is 14.3. The highest BCUT2D eigenvalue weighted by Crippen LogP contribution is 2.18. The number of carbonyl (C=O) groups excluding carboxylic acids is 1. The summed E-state index contributed by atoms with van der Waals surface area (Å²) in [6.07, 6.45) is 1.79. The van der Waals surface area contributed by atoms with Crippen LogP contribution in [-0.2, 0) is 0 Å². The fourth-order valence-corrected chi connectivity index (χ4v) is 3.43. The minimum absolute atomic E-state index is 0. The zero-order valence-corrected chi connectivity index (χ0v) is 17.5. The van der Waals surface area contributed by atoms with Gasteiger partial charge >= 0.3 is 6.03 Å². The van der Waals surface area contributed by atoms with Gasteiger partial charge in [-0.25, -0.2) is 4.79 Å². The highest BCUT2D eigenvalue weighted by Gasteiger charge is 2.21. The van der Waals surface area contributed by atoms with E-state index in [0.29, 0.717) is 25.0 Å². The first-order chi connectivity index (χ1) is 11.1. The molecule has 24 heavy (non-hydrogen) atoms. The number of likely N-dealkylation sites (tertiary alicyclic amines) is 1. The van der Waals surface area contributed by atoms with E-state index in [1.807, 2.05) is 0 Å². The van der Waals surface area contributed by atoms with Crippen molar-refractivity contribution in [3.8, 4) is 0 Å². The molecule has 1 atom stereocenters. The van der Waals surface area contributed by atoms with E-state index < -0.39 is 0 Å². The first-order valence-electron chi connectivity index (χ1n) is 8.21. The van der Waals surface area contributed by atoms with E-state index in [9.17, 15) is 4.79 Å². The summed E-state index contributed by atoms with van der Waals surface area (Å²) in [5, 5.41) is 11.1. The third-order valence-corrected chi connectivity index (χ3v) is 4.83. The molecule has 4 N–H and O–H groups in total. The normalized spacial score (nSPS) is 17.1. The van der Waals surface area contributed by atoms with Crippen molar-refractivity contribution in [2.45, 2.75) is 38.6 Å². The van der Waals surface area contributed by atoms with E-state index in [1.54, 1.807) is 16.2 Å². The lowest BCUT2D eigenvalue weighted by Crippen LogP contribution is -2.50. The Hall–Kier alpha value is -1.03. The van der Waals surface area contributed by atoms with E-state index in [4.69, 9.17) is 10.7 Å². The summed E-state index contributed by atoms with van der Waals surface area (Å²) in [5.41, 5.74) is 6.66. The summed E-state index contributed by atoms with van der Waals surface area (Å²) in [6, 6.07) is 2.17. The van der Waals surface area contributed by atoms with Crippen LogP contribution in [0.1, 0.15) is 38.2 Å². The molecular formula is C16H28IN5OS. The Morgan fingerprint density at radius 3 is 2.75 bits per heavy atom. The van der Waals surface area contributed by atoms with Crippen molar-refractivity contribution in [2.75, 3.05) is 26.2 Å². The number of nitrogens with two attached hydrogens (primary N) is 1. The number of aliphatic imine (C=N–C) groups is 1. The van der Waals surface area contributed by atoms with Crippen molar-refractivity contribution in [1.82, 2.24) is 15.5 Å². The highest BCUT2D eigenvalue weighted by molar-refractivity contribution is 14.0. The Bertz CT molecular complexity index is 515. The number of halogens is 1. The van der Waals surface area contributed by atoms with Gasteiger partial charge in [-0.3, -0.25) is 4.99 Å². The van der Waals surface area contributed by atoms with Gasteiger partial charge in [0.1, 0.15) is 0 Å². The van der Waals surface area contributed by atoms with Crippen molar-refractivity contribution >= 4 is 47.3 Å². The average molecular weight is 465 g/mol. The summed E-state index contributed by atoms with van der Waals surface area (Å²) >= 11 is 1.72. The second-order valence-corrected chi connectivity index (χ2v) is 6.70. The molecule has 6 nitrogen and oxygen atoms in total. The van der Waals surface area contributed by atoms with Gasteiger partial charge in [-0.15, -0.1) is 24.0 Å². The van der Waals surface area contributed by atoms with E-state index in [1.165, 1.54) is 5.56 Å². The number of hydrogen-bond donors (Lipinski definition) is 3. The summed E-state index contributed by atoms with van der Waals surface area (Å²) in [7, 11) is 0. The number of amides is 2. The van der Waals surface area contributed by atoms with Gasteiger partial charge in [0.15, 0.2) is 5.96 Å². The van der Waals surface area contributed by atoms with E-state index in [2.05, 4.69) is 41.3 Å². The van der Waals surface area contributed by atoms with Crippen LogP contribution in [0.15, 0.2) is 21.8 Å². The summed E-state index contributed by atoms with van der Waals surface area (Å²) in [6.45, 7) is 7.26. The molecule has 1 aliphatic rings. The van der Waals surface area contributed by atoms with Crippen molar-refractivity contribution in [3.63, 3.8) is 0 Å². The minimum atomic E-state index is -0.325. The summed E-state index contributed by atoms with van der Waals surface area (Å²) in [4.78, 5) is 17.6. The largest absolute Gasteiger partial charge is 0.357 e. The Kier molecular flexibility index (Phi) is 9.42. The van der Waals surface area contributed by atoms with Gasteiger partial charge in [-0.2, -0.15) is 11.3 Å². The van der Waals surface area contributed by atoms with Gasteiger partial charge in [-0.1, -0.05) is 6.92 Å².